The second kappa shape index (κ2) is 4.67. The van der Waals surface area contributed by atoms with E-state index in [-0.39, 0.29) is 5.41 Å². The van der Waals surface area contributed by atoms with Gasteiger partial charge >= 0.3 is 5.97 Å². The van der Waals surface area contributed by atoms with Gasteiger partial charge < -0.3 is 4.74 Å². The third-order valence-electron chi connectivity index (χ3n) is 1.93. The Kier molecular flexibility index (Phi) is 3.75. The zero-order chi connectivity index (χ0) is 11.5. The van der Waals surface area contributed by atoms with E-state index in [2.05, 4.69) is 0 Å². The molecule has 2 nitrogen and oxygen atoms in total. The summed E-state index contributed by atoms with van der Waals surface area (Å²) in [7, 11) is 0. The van der Waals surface area contributed by atoms with E-state index in [0.29, 0.717) is 5.75 Å². The lowest BCUT2D eigenvalue weighted by Gasteiger charge is -2.22. The highest BCUT2D eigenvalue weighted by atomic mass is 35.5. The third-order valence-corrected chi connectivity index (χ3v) is 2.76. The maximum Gasteiger partial charge on any atom is 0.329 e. The molecule has 0 radical (unpaired) electrons. The molecule has 82 valence electrons. The molecule has 15 heavy (non-hydrogen) atoms. The first-order valence-corrected chi connectivity index (χ1v) is 5.26. The van der Waals surface area contributed by atoms with Crippen LogP contribution in [0.2, 0.25) is 0 Å². The van der Waals surface area contributed by atoms with Crippen molar-refractivity contribution in [2.24, 2.45) is 5.41 Å². The molecule has 0 N–H and O–H groups in total. The number of para-hydroxylation sites is 1. The van der Waals surface area contributed by atoms with Crippen LogP contribution in [0.15, 0.2) is 30.3 Å². The van der Waals surface area contributed by atoms with Crippen molar-refractivity contribution in [1.29, 1.82) is 0 Å². The van der Waals surface area contributed by atoms with Gasteiger partial charge in [0.1, 0.15) is 11.1 Å². The highest BCUT2D eigenvalue weighted by molar-refractivity contribution is 6.30. The number of hydrogen-bond acceptors (Lipinski definition) is 2. The Bertz CT molecular complexity index is 327. The summed E-state index contributed by atoms with van der Waals surface area (Å²) in [6, 6.07) is 8.93. The predicted octanol–water partition coefficient (Wildman–Crippen LogP) is 3.25. The monoisotopic (exact) mass is 226 g/mol. The van der Waals surface area contributed by atoms with Crippen LogP contribution in [-0.2, 0) is 4.79 Å². The van der Waals surface area contributed by atoms with Crippen LogP contribution in [0.1, 0.15) is 20.8 Å². The lowest BCUT2D eigenvalue weighted by molar-refractivity contribution is -0.135. The smallest absolute Gasteiger partial charge is 0.329 e. The van der Waals surface area contributed by atoms with Crippen molar-refractivity contribution < 1.29 is 9.53 Å². The zero-order valence-electron chi connectivity index (χ0n) is 9.16. The van der Waals surface area contributed by atoms with E-state index >= 15 is 0 Å². The summed E-state index contributed by atoms with van der Waals surface area (Å²) in [5.41, 5.74) is -0.298. The van der Waals surface area contributed by atoms with E-state index in [1.807, 2.05) is 39.0 Å². The van der Waals surface area contributed by atoms with Gasteiger partial charge in [-0.25, -0.2) is 0 Å². The summed E-state index contributed by atoms with van der Waals surface area (Å²) in [6.45, 7) is 5.70. The average molecular weight is 227 g/mol. The van der Waals surface area contributed by atoms with Crippen molar-refractivity contribution in [1.82, 2.24) is 0 Å². The summed E-state index contributed by atoms with van der Waals surface area (Å²) >= 11 is 5.98. The fourth-order valence-electron chi connectivity index (χ4n) is 1.01. The standard InChI is InChI=1S/C12H15ClO2/c1-12(2,3)10(13)11(14)15-9-7-5-4-6-8-9/h4-8,10H,1-3H3. The first kappa shape index (κ1) is 12.1. The number of carbonyl (C=O) groups is 1. The molecule has 1 aromatic carbocycles. The number of esters is 1. The SMILES string of the molecule is CC(C)(C)C(Cl)C(=O)Oc1ccccc1. The van der Waals surface area contributed by atoms with Gasteiger partial charge in [0.25, 0.3) is 0 Å². The second-order valence-corrected chi connectivity index (χ2v) is 4.90. The van der Waals surface area contributed by atoms with Gasteiger partial charge in [-0.15, -0.1) is 11.6 Å². The molecule has 0 aliphatic rings. The molecule has 0 saturated heterocycles. The van der Waals surface area contributed by atoms with Crippen LogP contribution in [-0.4, -0.2) is 11.3 Å². The minimum absolute atomic E-state index is 0.298. The Morgan fingerprint density at radius 2 is 1.80 bits per heavy atom. The van der Waals surface area contributed by atoms with E-state index in [4.69, 9.17) is 16.3 Å². The van der Waals surface area contributed by atoms with Gasteiger partial charge in [-0.3, -0.25) is 4.79 Å². The molecule has 0 spiro atoms. The Hall–Kier alpha value is -1.02. The lowest BCUT2D eigenvalue weighted by atomic mass is 9.92. The normalized spacial score (nSPS) is 13.3. The van der Waals surface area contributed by atoms with Gasteiger partial charge in [0.15, 0.2) is 0 Å². The number of halogens is 1. The summed E-state index contributed by atoms with van der Waals surface area (Å²) in [4.78, 5) is 11.6. The van der Waals surface area contributed by atoms with Crippen molar-refractivity contribution in [2.45, 2.75) is 26.1 Å². The average Bonchev–Trinajstić information content (AvgIpc) is 2.16. The van der Waals surface area contributed by atoms with E-state index in [1.54, 1.807) is 12.1 Å². The third kappa shape index (κ3) is 3.56. The Labute approximate surface area is 95.2 Å². The van der Waals surface area contributed by atoms with Crippen molar-refractivity contribution in [3.05, 3.63) is 30.3 Å². The maximum absolute atomic E-state index is 11.6. The number of alkyl halides is 1. The van der Waals surface area contributed by atoms with Crippen LogP contribution in [0.25, 0.3) is 0 Å². The molecule has 0 amide bonds. The van der Waals surface area contributed by atoms with Gasteiger partial charge in [-0.1, -0.05) is 39.0 Å². The first-order valence-electron chi connectivity index (χ1n) is 4.82. The quantitative estimate of drug-likeness (QED) is 0.440. The van der Waals surface area contributed by atoms with Gasteiger partial charge in [0.2, 0.25) is 0 Å². The molecular weight excluding hydrogens is 212 g/mol. The molecule has 0 saturated carbocycles. The predicted molar refractivity (Wildman–Crippen MR) is 61.2 cm³/mol. The summed E-state index contributed by atoms with van der Waals surface area (Å²) < 4.78 is 5.13. The highest BCUT2D eigenvalue weighted by Crippen LogP contribution is 2.26. The molecule has 1 atom stereocenters. The number of benzene rings is 1. The van der Waals surface area contributed by atoms with Gasteiger partial charge in [0, 0.05) is 0 Å². The van der Waals surface area contributed by atoms with Gasteiger partial charge in [0.05, 0.1) is 0 Å². The largest absolute Gasteiger partial charge is 0.425 e. The minimum atomic E-state index is -0.641. The zero-order valence-corrected chi connectivity index (χ0v) is 9.91. The Balaban J connectivity index is 2.65. The van der Waals surface area contributed by atoms with Crippen molar-refractivity contribution >= 4 is 17.6 Å². The summed E-state index contributed by atoms with van der Waals surface area (Å²) in [6.07, 6.45) is 0. The number of hydrogen-bond donors (Lipinski definition) is 0. The van der Waals surface area contributed by atoms with Gasteiger partial charge in [-0.05, 0) is 17.5 Å². The van der Waals surface area contributed by atoms with Crippen LogP contribution in [0, 0.1) is 5.41 Å². The Morgan fingerprint density at radius 1 is 1.27 bits per heavy atom. The fourth-order valence-corrected chi connectivity index (χ4v) is 1.05. The second-order valence-electron chi connectivity index (χ2n) is 4.46. The van der Waals surface area contributed by atoms with Crippen LogP contribution >= 0.6 is 11.6 Å². The number of rotatable bonds is 2. The molecule has 0 bridgehead atoms. The molecule has 0 aromatic heterocycles. The lowest BCUT2D eigenvalue weighted by Crippen LogP contribution is -2.32. The highest BCUT2D eigenvalue weighted by Gasteiger charge is 2.30. The van der Waals surface area contributed by atoms with Crippen LogP contribution in [0.5, 0.6) is 5.75 Å². The molecule has 0 aliphatic carbocycles. The number of carbonyl (C=O) groups excluding carboxylic acids is 1. The van der Waals surface area contributed by atoms with Crippen molar-refractivity contribution in [3.8, 4) is 5.75 Å². The molecule has 1 unspecified atom stereocenters. The summed E-state index contributed by atoms with van der Waals surface area (Å²) in [5, 5.41) is -0.641. The molecule has 3 heteroatoms. The van der Waals surface area contributed by atoms with E-state index in [1.165, 1.54) is 0 Å². The molecule has 0 fully saturated rings. The van der Waals surface area contributed by atoms with E-state index in [9.17, 15) is 4.79 Å². The maximum atomic E-state index is 11.6. The van der Waals surface area contributed by atoms with Crippen molar-refractivity contribution in [2.75, 3.05) is 0 Å². The van der Waals surface area contributed by atoms with Crippen LogP contribution in [0.3, 0.4) is 0 Å². The number of ether oxygens (including phenoxy) is 1. The van der Waals surface area contributed by atoms with Crippen molar-refractivity contribution in [3.63, 3.8) is 0 Å². The van der Waals surface area contributed by atoms with Gasteiger partial charge in [-0.2, -0.15) is 0 Å². The molecule has 1 rings (SSSR count). The summed E-state index contributed by atoms with van der Waals surface area (Å²) in [5.74, 6) is 0.118. The molecule has 1 aromatic rings. The minimum Gasteiger partial charge on any atom is -0.425 e. The molecule has 0 aliphatic heterocycles. The first-order chi connectivity index (χ1) is 6.91. The van der Waals surface area contributed by atoms with E-state index < -0.39 is 11.3 Å². The molecule has 0 heterocycles. The van der Waals surface area contributed by atoms with Crippen LogP contribution in [0.4, 0.5) is 0 Å². The molecular formula is C12H15ClO2. The fraction of sp³-hybridized carbons (Fsp3) is 0.417. The van der Waals surface area contributed by atoms with Crippen LogP contribution < -0.4 is 4.74 Å². The Morgan fingerprint density at radius 3 is 2.27 bits per heavy atom. The topological polar surface area (TPSA) is 26.3 Å². The van der Waals surface area contributed by atoms with E-state index in [0.717, 1.165) is 0 Å².